The van der Waals surface area contributed by atoms with E-state index in [0.29, 0.717) is 6.42 Å². The van der Waals surface area contributed by atoms with Crippen LogP contribution in [0.25, 0.3) is 0 Å². The highest BCUT2D eigenvalue weighted by molar-refractivity contribution is 8.27. The first-order valence-corrected chi connectivity index (χ1v) is 5.55. The van der Waals surface area contributed by atoms with Gasteiger partial charge in [0, 0.05) is 11.2 Å². The molecule has 0 rings (SSSR count). The molecular formula is C5H13NO3S2. The van der Waals surface area contributed by atoms with Gasteiger partial charge in [-0.15, -0.1) is 0 Å². The fourth-order valence-electron chi connectivity index (χ4n) is 0.545. The van der Waals surface area contributed by atoms with E-state index in [9.17, 15) is 4.21 Å². The zero-order valence-electron chi connectivity index (χ0n) is 6.65. The van der Waals surface area contributed by atoms with Crippen LogP contribution < -0.4 is 0 Å². The Labute approximate surface area is 72.2 Å². The molecular weight excluding hydrogens is 186 g/mol. The molecule has 0 aromatic heterocycles. The Balaban J connectivity index is 3.30. The van der Waals surface area contributed by atoms with E-state index in [1.165, 1.54) is 0 Å². The maximum atomic E-state index is 10.4. The molecule has 0 saturated heterocycles. The smallest absolute Gasteiger partial charge is 0.266 e. The standard InChI is InChI=1S/C5H13NO3S2/c1-6(2)4-3-5-9-11(7,8)10/h3-5H2,1-2H3,(H,7,8,10). The van der Waals surface area contributed by atoms with Gasteiger partial charge in [0.2, 0.25) is 0 Å². The SMILES string of the molecule is CN(C)CCCOS(=O)(O)=S. The van der Waals surface area contributed by atoms with Crippen LogP contribution in [0.4, 0.5) is 0 Å². The minimum absolute atomic E-state index is 0.233. The highest BCUT2D eigenvalue weighted by atomic mass is 32.9. The highest BCUT2D eigenvalue weighted by Crippen LogP contribution is 1.90. The van der Waals surface area contributed by atoms with E-state index < -0.39 is 9.05 Å². The van der Waals surface area contributed by atoms with Crippen molar-refractivity contribution in [1.29, 1.82) is 0 Å². The first-order valence-electron chi connectivity index (χ1n) is 3.18. The second kappa shape index (κ2) is 5.00. The number of hydrogen-bond donors (Lipinski definition) is 1. The van der Waals surface area contributed by atoms with Gasteiger partial charge in [0.1, 0.15) is 0 Å². The molecule has 0 heterocycles. The number of nitrogens with zero attached hydrogens (tertiary/aromatic N) is 1. The van der Waals surface area contributed by atoms with Crippen molar-refractivity contribution in [3.8, 4) is 0 Å². The van der Waals surface area contributed by atoms with Gasteiger partial charge in [0.05, 0.1) is 6.61 Å². The summed E-state index contributed by atoms with van der Waals surface area (Å²) in [7, 11) is 0.434. The van der Waals surface area contributed by atoms with Crippen molar-refractivity contribution in [2.24, 2.45) is 0 Å². The molecule has 68 valence electrons. The lowest BCUT2D eigenvalue weighted by Crippen LogP contribution is -2.15. The van der Waals surface area contributed by atoms with Gasteiger partial charge in [-0.3, -0.25) is 8.74 Å². The average molecular weight is 199 g/mol. The molecule has 0 spiro atoms. The van der Waals surface area contributed by atoms with Crippen LogP contribution in [0.5, 0.6) is 0 Å². The third-order valence-corrected chi connectivity index (χ3v) is 1.74. The molecule has 0 aliphatic rings. The van der Waals surface area contributed by atoms with Crippen LogP contribution in [0.3, 0.4) is 0 Å². The fraction of sp³-hybridized carbons (Fsp3) is 1.00. The molecule has 1 atom stereocenters. The molecule has 0 aromatic rings. The molecule has 1 unspecified atom stereocenters. The largest absolute Gasteiger partial charge is 0.309 e. The van der Waals surface area contributed by atoms with Gasteiger partial charge in [0.25, 0.3) is 9.05 Å². The van der Waals surface area contributed by atoms with Crippen LogP contribution in [0.1, 0.15) is 6.42 Å². The van der Waals surface area contributed by atoms with Crippen LogP contribution >= 0.6 is 0 Å². The second-order valence-corrected chi connectivity index (χ2v) is 4.76. The molecule has 11 heavy (non-hydrogen) atoms. The third kappa shape index (κ3) is 10.2. The van der Waals surface area contributed by atoms with E-state index in [1.807, 2.05) is 19.0 Å². The summed E-state index contributed by atoms with van der Waals surface area (Å²) in [6.07, 6.45) is 0.710. The Hall–Kier alpha value is 0.250. The molecule has 0 saturated carbocycles. The summed E-state index contributed by atoms with van der Waals surface area (Å²) in [4.78, 5) is 1.96. The van der Waals surface area contributed by atoms with Gasteiger partial charge in [-0.25, -0.2) is 0 Å². The Bertz CT molecular complexity index is 188. The molecule has 1 N–H and O–H groups in total. The highest BCUT2D eigenvalue weighted by Gasteiger charge is 1.98. The van der Waals surface area contributed by atoms with E-state index in [2.05, 4.69) is 15.4 Å². The molecule has 6 heteroatoms. The zero-order chi connectivity index (χ0) is 8.91. The summed E-state index contributed by atoms with van der Waals surface area (Å²) in [6.45, 7) is 1.06. The first kappa shape index (κ1) is 11.2. The lowest BCUT2D eigenvalue weighted by Gasteiger charge is -2.08. The number of hydrogen-bond acceptors (Lipinski definition) is 4. The van der Waals surface area contributed by atoms with Crippen molar-refractivity contribution in [1.82, 2.24) is 4.90 Å². The summed E-state index contributed by atoms with van der Waals surface area (Å²) in [6, 6.07) is 0. The molecule has 0 aliphatic heterocycles. The maximum Gasteiger partial charge on any atom is 0.266 e. The first-order chi connectivity index (χ1) is 4.92. The van der Waals surface area contributed by atoms with E-state index in [0.717, 1.165) is 6.54 Å². The van der Waals surface area contributed by atoms with E-state index in [1.54, 1.807) is 0 Å². The Kier molecular flexibility index (Phi) is 5.11. The van der Waals surface area contributed by atoms with Crippen LogP contribution in [-0.2, 0) is 24.4 Å². The molecule has 4 nitrogen and oxygen atoms in total. The molecule has 0 radical (unpaired) electrons. The lowest BCUT2D eigenvalue weighted by molar-refractivity contribution is 0.276. The van der Waals surface area contributed by atoms with Crippen molar-refractivity contribution in [3.63, 3.8) is 0 Å². The topological polar surface area (TPSA) is 49.8 Å². The van der Waals surface area contributed by atoms with E-state index >= 15 is 0 Å². The van der Waals surface area contributed by atoms with Crippen LogP contribution in [0.2, 0.25) is 0 Å². The molecule has 0 amide bonds. The normalized spacial score (nSPS) is 16.7. The lowest BCUT2D eigenvalue weighted by atomic mass is 10.4. The van der Waals surface area contributed by atoms with Gasteiger partial charge in [-0.2, -0.15) is 4.21 Å². The quantitative estimate of drug-likeness (QED) is 0.636. The molecule has 0 aromatic carbocycles. The van der Waals surface area contributed by atoms with Crippen molar-refractivity contribution >= 4 is 20.2 Å². The monoisotopic (exact) mass is 199 g/mol. The predicted octanol–water partition coefficient (Wildman–Crippen LogP) is 0.0890. The van der Waals surface area contributed by atoms with Gasteiger partial charge >= 0.3 is 0 Å². The molecule has 0 aliphatic carbocycles. The summed E-state index contributed by atoms with van der Waals surface area (Å²) >= 11 is 4.11. The van der Waals surface area contributed by atoms with Crippen LogP contribution in [0.15, 0.2) is 0 Å². The maximum absolute atomic E-state index is 10.4. The Morgan fingerprint density at radius 3 is 2.55 bits per heavy atom. The Morgan fingerprint density at radius 2 is 2.18 bits per heavy atom. The predicted molar refractivity (Wildman–Crippen MR) is 47.3 cm³/mol. The summed E-state index contributed by atoms with van der Waals surface area (Å²) in [5.41, 5.74) is 0. The second-order valence-electron chi connectivity index (χ2n) is 2.41. The van der Waals surface area contributed by atoms with Gasteiger partial charge in [-0.05, 0) is 27.1 Å². The van der Waals surface area contributed by atoms with Crippen molar-refractivity contribution in [2.75, 3.05) is 27.2 Å². The van der Waals surface area contributed by atoms with E-state index in [-0.39, 0.29) is 6.61 Å². The third-order valence-electron chi connectivity index (χ3n) is 0.982. The van der Waals surface area contributed by atoms with Crippen molar-refractivity contribution in [2.45, 2.75) is 6.42 Å². The fourth-order valence-corrected chi connectivity index (χ4v) is 1.08. The van der Waals surface area contributed by atoms with Crippen LogP contribution in [0, 0.1) is 0 Å². The average Bonchev–Trinajstić information content (AvgIpc) is 1.78. The summed E-state index contributed by atoms with van der Waals surface area (Å²) in [5, 5.41) is 0. The van der Waals surface area contributed by atoms with Gasteiger partial charge in [-0.1, -0.05) is 0 Å². The molecule has 0 fully saturated rings. The van der Waals surface area contributed by atoms with Crippen LogP contribution in [-0.4, -0.2) is 40.9 Å². The zero-order valence-corrected chi connectivity index (χ0v) is 8.28. The van der Waals surface area contributed by atoms with Gasteiger partial charge in [0.15, 0.2) is 0 Å². The van der Waals surface area contributed by atoms with Crippen molar-refractivity contribution in [3.05, 3.63) is 0 Å². The Morgan fingerprint density at radius 1 is 1.64 bits per heavy atom. The summed E-state index contributed by atoms with van der Waals surface area (Å²) < 4.78 is 23.3. The number of rotatable bonds is 5. The molecule has 0 bridgehead atoms. The minimum atomic E-state index is -3.41. The van der Waals surface area contributed by atoms with Crippen molar-refractivity contribution < 1.29 is 12.9 Å². The summed E-state index contributed by atoms with van der Waals surface area (Å²) in [5.74, 6) is 0. The van der Waals surface area contributed by atoms with Gasteiger partial charge < -0.3 is 4.90 Å². The minimum Gasteiger partial charge on any atom is -0.309 e. The van der Waals surface area contributed by atoms with E-state index in [4.69, 9.17) is 4.55 Å².